The van der Waals surface area contributed by atoms with Crippen LogP contribution in [0.2, 0.25) is 0 Å². The van der Waals surface area contributed by atoms with Gasteiger partial charge in [-0.1, -0.05) is 13.8 Å². The maximum absolute atomic E-state index is 9.68. The molecule has 1 fully saturated rings. The molecule has 6 heteroatoms. The number of rotatable bonds is 1. The summed E-state index contributed by atoms with van der Waals surface area (Å²) in [4.78, 5) is 1.48. The molecule has 6 nitrogen and oxygen atoms in total. The highest BCUT2D eigenvalue weighted by molar-refractivity contribution is 5.55. The van der Waals surface area contributed by atoms with Crippen molar-refractivity contribution >= 4 is 0 Å². The van der Waals surface area contributed by atoms with Crippen molar-refractivity contribution in [3.05, 3.63) is 22.7 Å². The molecule has 0 aromatic carbocycles. The molecule has 112 valence electrons. The number of likely N-dealkylation sites (tertiary alicyclic amines) is 1. The maximum atomic E-state index is 9.68. The molecule has 2 aliphatic rings. The minimum Gasteiger partial charge on any atom is -0.420 e. The van der Waals surface area contributed by atoms with E-state index >= 15 is 0 Å². The van der Waals surface area contributed by atoms with Gasteiger partial charge in [-0.3, -0.25) is 5.10 Å². The molecule has 0 radical (unpaired) electrons. The first kappa shape index (κ1) is 14.0. The Morgan fingerprint density at radius 3 is 3.00 bits per heavy atom. The lowest BCUT2D eigenvalue weighted by atomic mass is 9.61. The van der Waals surface area contributed by atoms with E-state index in [1.807, 2.05) is 0 Å². The molecule has 1 unspecified atom stereocenters. The molecule has 4 N–H and O–H groups in total. The highest BCUT2D eigenvalue weighted by atomic mass is 16.5. The molecule has 1 aromatic heterocycles. The van der Waals surface area contributed by atoms with Crippen LogP contribution in [0, 0.1) is 17.2 Å². The molecule has 21 heavy (non-hydrogen) atoms. The summed E-state index contributed by atoms with van der Waals surface area (Å²) in [5.74, 6) is 1.07. The van der Waals surface area contributed by atoms with E-state index in [4.69, 9.17) is 10.5 Å². The number of nitrogens with zero attached hydrogens (tertiary/aromatic N) is 2. The zero-order valence-electron chi connectivity index (χ0n) is 12.8. The van der Waals surface area contributed by atoms with E-state index in [0.29, 0.717) is 17.4 Å². The second-order valence-electron chi connectivity index (χ2n) is 6.22. The van der Waals surface area contributed by atoms with Crippen LogP contribution in [0.25, 0.3) is 0 Å². The molecule has 0 bridgehead atoms. The van der Waals surface area contributed by atoms with Crippen LogP contribution in [0.4, 0.5) is 0 Å². The van der Waals surface area contributed by atoms with E-state index in [1.165, 1.54) is 4.90 Å². The fraction of sp³-hybridized carbons (Fsp3) is 0.600. The Morgan fingerprint density at radius 1 is 1.62 bits per heavy atom. The maximum Gasteiger partial charge on any atom is 0.244 e. The van der Waals surface area contributed by atoms with Crippen LogP contribution in [0.3, 0.4) is 0 Å². The predicted octanol–water partition coefficient (Wildman–Crippen LogP) is -0.149. The molecule has 3 atom stereocenters. The van der Waals surface area contributed by atoms with Crippen LogP contribution in [-0.2, 0) is 11.8 Å². The summed E-state index contributed by atoms with van der Waals surface area (Å²) in [6, 6.07) is 2.32. The van der Waals surface area contributed by atoms with Gasteiger partial charge in [-0.15, -0.1) is 5.10 Å². The van der Waals surface area contributed by atoms with Crippen molar-refractivity contribution in [3.63, 3.8) is 0 Å². The summed E-state index contributed by atoms with van der Waals surface area (Å²) in [7, 11) is 2.19. The van der Waals surface area contributed by atoms with Gasteiger partial charge in [-0.2, -0.15) is 5.26 Å². The number of nitriles is 1. The molecule has 1 aromatic rings. The van der Waals surface area contributed by atoms with E-state index in [1.54, 1.807) is 0 Å². The number of nitrogens with two attached hydrogens (primary N) is 1. The standard InChI is InChI=1S/C15H21N5O/c1-4-11-12-14(19-18-11)21-13(17)10(7-16)15(12)5-6-20(3)8-9(15)2/h9H,4-6,8,17H2,1-3H3,(H,18,19)/p+1/t9-,15+/m1/s1. The van der Waals surface area contributed by atoms with Crippen molar-refractivity contribution < 1.29 is 9.64 Å². The molecule has 0 saturated carbocycles. The van der Waals surface area contributed by atoms with Gasteiger partial charge in [0.25, 0.3) is 0 Å². The zero-order valence-corrected chi connectivity index (χ0v) is 12.8. The third-order valence-electron chi connectivity index (χ3n) is 5.06. The summed E-state index contributed by atoms with van der Waals surface area (Å²) in [6.07, 6.45) is 1.73. The molecule has 1 saturated heterocycles. The number of nitrogens with one attached hydrogen (secondary N) is 2. The highest BCUT2D eigenvalue weighted by Gasteiger charge is 2.53. The van der Waals surface area contributed by atoms with Gasteiger partial charge >= 0.3 is 0 Å². The second kappa shape index (κ2) is 4.78. The molecule has 0 aliphatic carbocycles. The van der Waals surface area contributed by atoms with Gasteiger partial charge in [-0.05, 0) is 6.42 Å². The quantitative estimate of drug-likeness (QED) is 0.670. The summed E-state index contributed by atoms with van der Waals surface area (Å²) in [5, 5.41) is 17.0. The number of fused-ring (bicyclic) bond motifs is 2. The number of quaternary nitrogens is 1. The van der Waals surface area contributed by atoms with E-state index in [9.17, 15) is 5.26 Å². The van der Waals surface area contributed by atoms with E-state index in [-0.39, 0.29) is 11.3 Å². The van der Waals surface area contributed by atoms with Crippen LogP contribution >= 0.6 is 0 Å². The zero-order chi connectivity index (χ0) is 15.2. The number of allylic oxidation sites excluding steroid dienone is 1. The van der Waals surface area contributed by atoms with Gasteiger partial charge in [-0.25, -0.2) is 0 Å². The first-order chi connectivity index (χ1) is 10.0. The van der Waals surface area contributed by atoms with Crippen LogP contribution in [0.5, 0.6) is 5.88 Å². The molecule has 3 heterocycles. The Balaban J connectivity index is 2.25. The van der Waals surface area contributed by atoms with Gasteiger partial charge in [0.1, 0.15) is 11.6 Å². The lowest BCUT2D eigenvalue weighted by Gasteiger charge is -2.45. The van der Waals surface area contributed by atoms with Crippen molar-refractivity contribution in [1.82, 2.24) is 10.2 Å². The highest BCUT2D eigenvalue weighted by Crippen LogP contribution is 2.50. The van der Waals surface area contributed by atoms with Crippen molar-refractivity contribution in [2.45, 2.75) is 32.1 Å². The van der Waals surface area contributed by atoms with Crippen molar-refractivity contribution in [1.29, 1.82) is 5.26 Å². The third-order valence-corrected chi connectivity index (χ3v) is 5.06. The number of hydrogen-bond donors (Lipinski definition) is 3. The Labute approximate surface area is 124 Å². The van der Waals surface area contributed by atoms with Gasteiger partial charge in [0.15, 0.2) is 0 Å². The Hall–Kier alpha value is -2.00. The largest absolute Gasteiger partial charge is 0.420 e. The van der Waals surface area contributed by atoms with Gasteiger partial charge < -0.3 is 15.4 Å². The Morgan fingerprint density at radius 2 is 2.38 bits per heavy atom. The predicted molar refractivity (Wildman–Crippen MR) is 77.5 cm³/mol. The topological polar surface area (TPSA) is 92.2 Å². The smallest absolute Gasteiger partial charge is 0.244 e. The molecule has 0 amide bonds. The average molecular weight is 288 g/mol. The molecular weight excluding hydrogens is 266 g/mol. The number of H-pyrrole nitrogens is 1. The van der Waals surface area contributed by atoms with Crippen LogP contribution in [0.1, 0.15) is 31.5 Å². The average Bonchev–Trinajstić information content (AvgIpc) is 2.86. The van der Waals surface area contributed by atoms with Crippen LogP contribution in [-0.4, -0.2) is 30.3 Å². The van der Waals surface area contributed by atoms with Crippen LogP contribution in [0.15, 0.2) is 11.5 Å². The Bertz CT molecular complexity index is 641. The fourth-order valence-corrected chi connectivity index (χ4v) is 4.00. The number of piperidine rings is 1. The molecule has 1 spiro atoms. The van der Waals surface area contributed by atoms with E-state index in [2.05, 4.69) is 37.2 Å². The summed E-state index contributed by atoms with van der Waals surface area (Å²) in [6.45, 7) is 6.30. The summed E-state index contributed by atoms with van der Waals surface area (Å²) >= 11 is 0. The number of aromatic nitrogens is 2. The minimum atomic E-state index is -0.357. The van der Waals surface area contributed by atoms with Crippen molar-refractivity contribution in [2.75, 3.05) is 20.1 Å². The first-order valence-corrected chi connectivity index (χ1v) is 7.51. The molecule has 2 aliphatic heterocycles. The van der Waals surface area contributed by atoms with Crippen LogP contribution < -0.4 is 15.4 Å². The Kier molecular flexibility index (Phi) is 3.18. The monoisotopic (exact) mass is 288 g/mol. The SMILES string of the molecule is CCc1[nH]nc2c1[C@]1(CC[NH+](C)C[C@H]1C)C(C#N)=C(N)O2. The third kappa shape index (κ3) is 1.77. The number of hydrogen-bond acceptors (Lipinski definition) is 4. The summed E-state index contributed by atoms with van der Waals surface area (Å²) in [5.41, 5.74) is 8.35. The van der Waals surface area contributed by atoms with E-state index in [0.717, 1.165) is 37.2 Å². The van der Waals surface area contributed by atoms with Crippen molar-refractivity contribution in [2.24, 2.45) is 11.7 Å². The van der Waals surface area contributed by atoms with Crippen molar-refractivity contribution in [3.8, 4) is 11.9 Å². The van der Waals surface area contributed by atoms with E-state index < -0.39 is 0 Å². The molecule has 3 rings (SSSR count). The number of ether oxygens (including phenoxy) is 1. The number of aromatic amines is 1. The van der Waals surface area contributed by atoms with Gasteiger partial charge in [0.05, 0.1) is 25.6 Å². The fourth-order valence-electron chi connectivity index (χ4n) is 4.00. The van der Waals surface area contributed by atoms with Gasteiger partial charge in [0, 0.05) is 23.6 Å². The molecular formula is C15H22N5O+. The lowest BCUT2D eigenvalue weighted by Crippen LogP contribution is -3.11. The normalized spacial score (nSPS) is 31.7. The lowest BCUT2D eigenvalue weighted by molar-refractivity contribution is -0.890. The first-order valence-electron chi connectivity index (χ1n) is 7.51. The second-order valence-corrected chi connectivity index (χ2v) is 6.22. The summed E-state index contributed by atoms with van der Waals surface area (Å²) < 4.78 is 5.61. The number of aryl methyl sites for hydroxylation is 1. The minimum absolute atomic E-state index is 0.213. The van der Waals surface area contributed by atoms with Gasteiger partial charge in [0.2, 0.25) is 11.8 Å².